The Balaban J connectivity index is 1.47. The van der Waals surface area contributed by atoms with Crippen molar-refractivity contribution in [2.75, 3.05) is 23.3 Å². The van der Waals surface area contributed by atoms with Crippen molar-refractivity contribution in [1.82, 2.24) is 9.97 Å². The summed E-state index contributed by atoms with van der Waals surface area (Å²) in [4.78, 5) is 11.4. The topological polar surface area (TPSA) is 41.1 Å². The van der Waals surface area contributed by atoms with Gasteiger partial charge in [0.1, 0.15) is 23.3 Å². The van der Waals surface area contributed by atoms with Crippen molar-refractivity contribution in [2.24, 2.45) is 0 Å². The molecule has 4 nitrogen and oxygen atoms in total. The lowest BCUT2D eigenvalue weighted by Gasteiger charge is -2.19. The highest BCUT2D eigenvalue weighted by Crippen LogP contribution is 2.33. The van der Waals surface area contributed by atoms with Gasteiger partial charge in [-0.05, 0) is 49.1 Å². The molecule has 0 saturated heterocycles. The standard InChI is InChI=1S/C21H21FN4/c1-15-24-20(23-12-10-16-6-8-18(22)9-7-16)14-21(25-15)26-13-11-17-4-2-3-5-19(17)26/h2-9,14H,10-13H2,1H3,(H,23,24,25). The number of nitrogens with zero attached hydrogens (tertiary/aromatic N) is 3. The molecule has 0 atom stereocenters. The molecule has 0 aliphatic carbocycles. The number of fused-ring (bicyclic) bond motifs is 1. The van der Waals surface area contributed by atoms with Crippen molar-refractivity contribution in [2.45, 2.75) is 19.8 Å². The molecule has 132 valence electrons. The number of para-hydroxylation sites is 1. The van der Waals surface area contributed by atoms with Crippen LogP contribution in [0.1, 0.15) is 17.0 Å². The van der Waals surface area contributed by atoms with Crippen molar-refractivity contribution in [1.29, 1.82) is 0 Å². The van der Waals surface area contributed by atoms with Gasteiger partial charge in [0.15, 0.2) is 0 Å². The van der Waals surface area contributed by atoms with Gasteiger partial charge in [0.05, 0.1) is 0 Å². The minimum absolute atomic E-state index is 0.205. The van der Waals surface area contributed by atoms with E-state index in [-0.39, 0.29) is 5.82 Å². The van der Waals surface area contributed by atoms with E-state index in [1.807, 2.05) is 25.1 Å². The largest absolute Gasteiger partial charge is 0.370 e. The predicted octanol–water partition coefficient (Wildman–Crippen LogP) is 4.27. The highest BCUT2D eigenvalue weighted by Gasteiger charge is 2.21. The van der Waals surface area contributed by atoms with Crippen LogP contribution in [0.15, 0.2) is 54.6 Å². The molecule has 1 N–H and O–H groups in total. The molecular weight excluding hydrogens is 327 g/mol. The van der Waals surface area contributed by atoms with Crippen molar-refractivity contribution in [3.8, 4) is 0 Å². The predicted molar refractivity (Wildman–Crippen MR) is 103 cm³/mol. The van der Waals surface area contributed by atoms with Crippen molar-refractivity contribution in [3.63, 3.8) is 0 Å². The lowest BCUT2D eigenvalue weighted by Crippen LogP contribution is -2.16. The summed E-state index contributed by atoms with van der Waals surface area (Å²) >= 11 is 0. The van der Waals surface area contributed by atoms with Gasteiger partial charge in [0, 0.05) is 24.8 Å². The Kier molecular flexibility index (Phi) is 4.52. The molecule has 1 aromatic heterocycles. The summed E-state index contributed by atoms with van der Waals surface area (Å²) in [5.74, 6) is 2.28. The lowest BCUT2D eigenvalue weighted by atomic mass is 10.1. The lowest BCUT2D eigenvalue weighted by molar-refractivity contribution is 0.627. The fourth-order valence-electron chi connectivity index (χ4n) is 3.34. The van der Waals surface area contributed by atoms with Crippen LogP contribution in [0.3, 0.4) is 0 Å². The monoisotopic (exact) mass is 348 g/mol. The van der Waals surface area contributed by atoms with E-state index in [2.05, 4.69) is 44.5 Å². The third-order valence-electron chi connectivity index (χ3n) is 4.62. The zero-order valence-corrected chi connectivity index (χ0v) is 14.7. The van der Waals surface area contributed by atoms with E-state index in [9.17, 15) is 4.39 Å². The van der Waals surface area contributed by atoms with Crippen LogP contribution >= 0.6 is 0 Å². The number of anilines is 3. The Labute approximate surface area is 152 Å². The number of aromatic nitrogens is 2. The quantitative estimate of drug-likeness (QED) is 0.747. The van der Waals surface area contributed by atoms with Crippen LogP contribution in [0, 0.1) is 12.7 Å². The third kappa shape index (κ3) is 3.52. The van der Waals surface area contributed by atoms with Gasteiger partial charge in [-0.2, -0.15) is 0 Å². The molecule has 3 aromatic rings. The van der Waals surface area contributed by atoms with Gasteiger partial charge >= 0.3 is 0 Å². The minimum Gasteiger partial charge on any atom is -0.370 e. The fourth-order valence-corrected chi connectivity index (χ4v) is 3.34. The first-order valence-corrected chi connectivity index (χ1v) is 8.88. The molecule has 0 unspecified atom stereocenters. The van der Waals surface area contributed by atoms with E-state index in [1.165, 1.54) is 23.4 Å². The van der Waals surface area contributed by atoms with E-state index in [4.69, 9.17) is 0 Å². The molecule has 4 rings (SSSR count). The summed E-state index contributed by atoms with van der Waals surface area (Å²) in [6, 6.07) is 17.1. The average molecular weight is 348 g/mol. The first-order valence-electron chi connectivity index (χ1n) is 8.88. The fraction of sp³-hybridized carbons (Fsp3) is 0.238. The summed E-state index contributed by atoms with van der Waals surface area (Å²) in [6.07, 6.45) is 1.85. The van der Waals surface area contributed by atoms with Crippen molar-refractivity contribution < 1.29 is 4.39 Å². The van der Waals surface area contributed by atoms with Crippen LogP contribution in [0.4, 0.5) is 21.7 Å². The normalized spacial score (nSPS) is 12.9. The maximum Gasteiger partial charge on any atom is 0.138 e. The van der Waals surface area contributed by atoms with E-state index >= 15 is 0 Å². The zero-order valence-electron chi connectivity index (χ0n) is 14.7. The highest BCUT2D eigenvalue weighted by molar-refractivity contribution is 5.68. The molecule has 0 spiro atoms. The summed E-state index contributed by atoms with van der Waals surface area (Å²) in [5, 5.41) is 3.36. The molecule has 5 heteroatoms. The van der Waals surface area contributed by atoms with Gasteiger partial charge in [-0.1, -0.05) is 30.3 Å². The van der Waals surface area contributed by atoms with Crippen molar-refractivity contribution in [3.05, 3.63) is 77.4 Å². The number of nitrogens with one attached hydrogen (secondary N) is 1. The average Bonchev–Trinajstić information content (AvgIpc) is 3.07. The minimum atomic E-state index is -0.205. The molecule has 1 aliphatic heterocycles. The van der Waals surface area contributed by atoms with Crippen LogP contribution in [-0.2, 0) is 12.8 Å². The highest BCUT2D eigenvalue weighted by atomic mass is 19.1. The summed E-state index contributed by atoms with van der Waals surface area (Å²) in [6.45, 7) is 3.58. The second-order valence-corrected chi connectivity index (χ2v) is 6.49. The van der Waals surface area contributed by atoms with E-state index in [0.717, 1.165) is 49.0 Å². The SMILES string of the molecule is Cc1nc(NCCc2ccc(F)cc2)cc(N2CCc3ccccc32)n1. The van der Waals surface area contributed by atoms with Crippen molar-refractivity contribution >= 4 is 17.3 Å². The van der Waals surface area contributed by atoms with Crippen LogP contribution in [0.25, 0.3) is 0 Å². The smallest absolute Gasteiger partial charge is 0.138 e. The van der Waals surface area contributed by atoms with Crippen LogP contribution in [0.2, 0.25) is 0 Å². The Morgan fingerprint density at radius 2 is 1.88 bits per heavy atom. The molecule has 0 fully saturated rings. The Bertz CT molecular complexity index is 908. The first-order chi connectivity index (χ1) is 12.7. The van der Waals surface area contributed by atoms with Gasteiger partial charge in [0.2, 0.25) is 0 Å². The van der Waals surface area contributed by atoms with Gasteiger partial charge in [-0.15, -0.1) is 0 Å². The Morgan fingerprint density at radius 1 is 1.08 bits per heavy atom. The van der Waals surface area contributed by atoms with Crippen LogP contribution in [-0.4, -0.2) is 23.1 Å². The number of aryl methyl sites for hydroxylation is 1. The molecular formula is C21H21FN4. The Morgan fingerprint density at radius 3 is 2.73 bits per heavy atom. The molecule has 2 aromatic carbocycles. The molecule has 1 aliphatic rings. The first kappa shape index (κ1) is 16.5. The molecule has 0 radical (unpaired) electrons. The van der Waals surface area contributed by atoms with Gasteiger partial charge in [-0.3, -0.25) is 0 Å². The number of halogens is 1. The third-order valence-corrected chi connectivity index (χ3v) is 4.62. The molecule has 0 bridgehead atoms. The van der Waals surface area contributed by atoms with E-state index in [0.29, 0.717) is 0 Å². The van der Waals surface area contributed by atoms with Crippen LogP contribution in [0.5, 0.6) is 0 Å². The number of hydrogen-bond donors (Lipinski definition) is 1. The van der Waals surface area contributed by atoms with Gasteiger partial charge in [-0.25, -0.2) is 14.4 Å². The second kappa shape index (κ2) is 7.12. The van der Waals surface area contributed by atoms with E-state index < -0.39 is 0 Å². The van der Waals surface area contributed by atoms with Gasteiger partial charge in [0.25, 0.3) is 0 Å². The van der Waals surface area contributed by atoms with Crippen LogP contribution < -0.4 is 10.2 Å². The van der Waals surface area contributed by atoms with Gasteiger partial charge < -0.3 is 10.2 Å². The number of benzene rings is 2. The Hall–Kier alpha value is -2.95. The van der Waals surface area contributed by atoms with E-state index in [1.54, 1.807) is 0 Å². The number of rotatable bonds is 5. The molecule has 2 heterocycles. The molecule has 0 saturated carbocycles. The second-order valence-electron chi connectivity index (χ2n) is 6.49. The number of hydrogen-bond acceptors (Lipinski definition) is 4. The maximum absolute atomic E-state index is 13.0. The maximum atomic E-state index is 13.0. The molecule has 0 amide bonds. The zero-order chi connectivity index (χ0) is 17.9. The summed E-state index contributed by atoms with van der Waals surface area (Å²) < 4.78 is 13.0. The molecule has 26 heavy (non-hydrogen) atoms. The summed E-state index contributed by atoms with van der Waals surface area (Å²) in [7, 11) is 0. The summed E-state index contributed by atoms with van der Waals surface area (Å²) in [5.41, 5.74) is 3.68.